The minimum Gasteiger partial charge on any atom is -0.355 e. The van der Waals surface area contributed by atoms with Gasteiger partial charge in [0.25, 0.3) is 0 Å². The molecule has 4 rings (SSSR count). The van der Waals surface area contributed by atoms with Crippen molar-refractivity contribution in [2.75, 3.05) is 5.32 Å². The molecule has 3 aromatic rings. The number of hydrogen-bond acceptors (Lipinski definition) is 3. The highest BCUT2D eigenvalue weighted by molar-refractivity contribution is 7.86. The van der Waals surface area contributed by atoms with E-state index < -0.39 is 15.6 Å². The van der Waals surface area contributed by atoms with Crippen molar-refractivity contribution in [2.24, 2.45) is 0 Å². The Bertz CT molecular complexity index is 1020. The van der Waals surface area contributed by atoms with Crippen LogP contribution in [-0.4, -0.2) is 18.5 Å². The Morgan fingerprint density at radius 2 is 1.14 bits per heavy atom. The second-order valence-electron chi connectivity index (χ2n) is 6.06. The molecular formula is C20H16F3NO3S. The van der Waals surface area contributed by atoms with Crippen LogP contribution >= 0.6 is 0 Å². The summed E-state index contributed by atoms with van der Waals surface area (Å²) in [4.78, 5) is 0. The molecule has 0 aromatic heterocycles. The quantitative estimate of drug-likeness (QED) is 0.331. The lowest BCUT2D eigenvalue weighted by atomic mass is 9.81. The highest BCUT2D eigenvalue weighted by Crippen LogP contribution is 2.44. The van der Waals surface area contributed by atoms with Crippen molar-refractivity contribution in [2.45, 2.75) is 11.4 Å². The van der Waals surface area contributed by atoms with Gasteiger partial charge in [-0.1, -0.05) is 66.7 Å². The average Bonchev–Trinajstić information content (AvgIpc) is 2.65. The topological polar surface area (TPSA) is 66.4 Å². The number of halogens is 3. The third-order valence-electron chi connectivity index (χ3n) is 4.24. The van der Waals surface area contributed by atoms with Crippen LogP contribution in [0, 0.1) is 0 Å². The lowest BCUT2D eigenvalue weighted by Crippen LogP contribution is -2.21. The zero-order valence-electron chi connectivity index (χ0n) is 14.4. The van der Waals surface area contributed by atoms with Crippen LogP contribution in [0.5, 0.6) is 0 Å². The first-order valence-corrected chi connectivity index (χ1v) is 9.66. The van der Waals surface area contributed by atoms with Gasteiger partial charge in [-0.05, 0) is 28.8 Å². The third kappa shape index (κ3) is 4.18. The number of fused-ring (bicyclic) bond motifs is 2. The molecule has 28 heavy (non-hydrogen) atoms. The molecule has 0 bridgehead atoms. The van der Waals surface area contributed by atoms with Crippen molar-refractivity contribution >= 4 is 21.5 Å². The smallest absolute Gasteiger partial charge is 0.355 e. The number of hydrogen-bond donors (Lipinski definition) is 2. The van der Waals surface area contributed by atoms with E-state index in [0.29, 0.717) is 5.92 Å². The van der Waals surface area contributed by atoms with Gasteiger partial charge in [0.1, 0.15) is 0 Å². The van der Waals surface area contributed by atoms with Crippen LogP contribution in [0.2, 0.25) is 0 Å². The summed E-state index contributed by atoms with van der Waals surface area (Å²) in [6.45, 7) is 0. The fourth-order valence-electron chi connectivity index (χ4n) is 3.04. The zero-order chi connectivity index (χ0) is 20.4. The lowest BCUT2D eigenvalue weighted by Gasteiger charge is -2.29. The van der Waals surface area contributed by atoms with Crippen LogP contribution in [0.4, 0.5) is 24.5 Å². The monoisotopic (exact) mass is 407 g/mol. The van der Waals surface area contributed by atoms with Gasteiger partial charge in [-0.3, -0.25) is 4.55 Å². The molecule has 0 fully saturated rings. The summed E-state index contributed by atoms with van der Waals surface area (Å²) < 4.78 is 57.5. The number of anilines is 2. The van der Waals surface area contributed by atoms with E-state index in [9.17, 15) is 13.2 Å². The minimum atomic E-state index is -5.84. The van der Waals surface area contributed by atoms with E-state index in [4.69, 9.17) is 13.0 Å². The maximum atomic E-state index is 10.7. The fourth-order valence-corrected chi connectivity index (χ4v) is 3.04. The Kier molecular flexibility index (Phi) is 5.44. The molecule has 146 valence electrons. The maximum absolute atomic E-state index is 10.7. The van der Waals surface area contributed by atoms with Crippen molar-refractivity contribution in [1.82, 2.24) is 0 Å². The van der Waals surface area contributed by atoms with Crippen LogP contribution in [0.3, 0.4) is 0 Å². The van der Waals surface area contributed by atoms with E-state index in [-0.39, 0.29) is 0 Å². The largest absolute Gasteiger partial charge is 0.522 e. The number of nitrogens with one attached hydrogen (secondary N) is 1. The van der Waals surface area contributed by atoms with E-state index in [1.807, 2.05) is 0 Å². The van der Waals surface area contributed by atoms with Gasteiger partial charge in [0.2, 0.25) is 0 Å². The van der Waals surface area contributed by atoms with E-state index in [1.165, 1.54) is 28.1 Å². The van der Waals surface area contributed by atoms with Crippen LogP contribution < -0.4 is 5.32 Å². The first-order chi connectivity index (χ1) is 13.2. The summed E-state index contributed by atoms with van der Waals surface area (Å²) in [5.41, 5.74) is 0.913. The summed E-state index contributed by atoms with van der Waals surface area (Å²) in [5, 5.41) is 3.54. The Labute approximate surface area is 160 Å². The number of alkyl halides is 3. The van der Waals surface area contributed by atoms with Gasteiger partial charge in [0.05, 0.1) is 0 Å². The maximum Gasteiger partial charge on any atom is 0.522 e. The standard InChI is InChI=1S/C19H15N.CHF3O3S/c1-2-8-14(9-3-1)19-15-10-4-6-12-17(15)20-18-13-7-5-11-16(18)19;2-1(3,4)8(5,6)7/h1-13,19-20H;(H,5,6,7). The molecule has 1 heterocycles. The summed E-state index contributed by atoms with van der Waals surface area (Å²) in [5.74, 6) is 0.310. The second kappa shape index (κ2) is 7.65. The third-order valence-corrected chi connectivity index (χ3v) is 4.82. The molecule has 0 radical (unpaired) electrons. The van der Waals surface area contributed by atoms with Gasteiger partial charge in [-0.2, -0.15) is 21.6 Å². The van der Waals surface area contributed by atoms with E-state index >= 15 is 0 Å². The SMILES string of the molecule is O=S(=O)(O)C(F)(F)F.c1ccc(C2c3ccccc3Nc3ccccc32)cc1. The van der Waals surface area contributed by atoms with Crippen LogP contribution in [0.25, 0.3) is 0 Å². The molecule has 0 spiro atoms. The molecular weight excluding hydrogens is 391 g/mol. The zero-order valence-corrected chi connectivity index (χ0v) is 15.2. The summed E-state index contributed by atoms with van der Waals surface area (Å²) in [6.07, 6.45) is 0. The molecule has 1 aliphatic rings. The molecule has 8 heteroatoms. The summed E-state index contributed by atoms with van der Waals surface area (Å²) >= 11 is 0. The lowest BCUT2D eigenvalue weighted by molar-refractivity contribution is -0.0510. The molecule has 0 unspecified atom stereocenters. The Balaban J connectivity index is 0.000000242. The van der Waals surface area contributed by atoms with Crippen molar-refractivity contribution in [3.05, 3.63) is 95.6 Å². The number of benzene rings is 3. The number of rotatable bonds is 1. The Hall–Kier alpha value is -2.84. The van der Waals surface area contributed by atoms with Gasteiger partial charge >= 0.3 is 15.6 Å². The Morgan fingerprint density at radius 3 is 1.57 bits per heavy atom. The molecule has 0 aliphatic carbocycles. The highest BCUT2D eigenvalue weighted by atomic mass is 32.2. The van der Waals surface area contributed by atoms with E-state index in [0.717, 1.165) is 0 Å². The van der Waals surface area contributed by atoms with Crippen LogP contribution in [0.15, 0.2) is 78.9 Å². The molecule has 0 saturated heterocycles. The normalized spacial score (nSPS) is 13.4. The average molecular weight is 407 g/mol. The van der Waals surface area contributed by atoms with Crippen molar-refractivity contribution in [1.29, 1.82) is 0 Å². The molecule has 2 N–H and O–H groups in total. The predicted octanol–water partition coefficient (Wildman–Crippen LogP) is 5.32. The molecule has 0 saturated carbocycles. The molecule has 0 atom stereocenters. The van der Waals surface area contributed by atoms with Gasteiger partial charge in [-0.25, -0.2) is 0 Å². The molecule has 4 nitrogen and oxygen atoms in total. The van der Waals surface area contributed by atoms with E-state index in [2.05, 4.69) is 84.2 Å². The first-order valence-electron chi connectivity index (χ1n) is 8.22. The summed E-state index contributed by atoms with van der Waals surface area (Å²) in [7, 11) is -5.84. The van der Waals surface area contributed by atoms with Gasteiger partial charge < -0.3 is 5.32 Å². The highest BCUT2D eigenvalue weighted by Gasteiger charge is 2.44. The minimum absolute atomic E-state index is 0.310. The second-order valence-corrected chi connectivity index (χ2v) is 7.48. The predicted molar refractivity (Wildman–Crippen MR) is 101 cm³/mol. The molecule has 1 aliphatic heterocycles. The fraction of sp³-hybridized carbons (Fsp3) is 0.100. The number of para-hydroxylation sites is 2. The molecule has 0 amide bonds. The van der Waals surface area contributed by atoms with Gasteiger partial charge in [-0.15, -0.1) is 0 Å². The Morgan fingerprint density at radius 1 is 0.750 bits per heavy atom. The van der Waals surface area contributed by atoms with Crippen molar-refractivity contribution < 1.29 is 26.1 Å². The summed E-state index contributed by atoms with van der Waals surface area (Å²) in [6, 6.07) is 27.9. The van der Waals surface area contributed by atoms with Crippen LogP contribution in [0.1, 0.15) is 22.6 Å². The van der Waals surface area contributed by atoms with Crippen molar-refractivity contribution in [3.8, 4) is 0 Å². The van der Waals surface area contributed by atoms with Gasteiger partial charge in [0, 0.05) is 17.3 Å². The van der Waals surface area contributed by atoms with E-state index in [1.54, 1.807) is 0 Å². The van der Waals surface area contributed by atoms with Crippen LogP contribution in [-0.2, 0) is 10.1 Å². The van der Waals surface area contributed by atoms with Gasteiger partial charge in [0.15, 0.2) is 0 Å². The first kappa shape index (κ1) is 19.9. The molecule has 3 aromatic carbocycles. The van der Waals surface area contributed by atoms with Crippen molar-refractivity contribution in [3.63, 3.8) is 0 Å².